The number of fused-ring (bicyclic) bond motifs is 2. The molecular weight excluding hydrogens is 430 g/mol. The van der Waals surface area contributed by atoms with Crippen molar-refractivity contribution in [1.29, 1.82) is 0 Å². The van der Waals surface area contributed by atoms with E-state index in [9.17, 15) is 9.90 Å². The number of carboxylic acids is 1. The van der Waals surface area contributed by atoms with Crippen LogP contribution in [0.15, 0.2) is 42.0 Å². The van der Waals surface area contributed by atoms with Crippen LogP contribution in [0.3, 0.4) is 0 Å². The number of benzene rings is 2. The van der Waals surface area contributed by atoms with E-state index in [4.69, 9.17) is 9.47 Å². The van der Waals surface area contributed by atoms with Gasteiger partial charge < -0.3 is 14.6 Å². The maximum atomic E-state index is 11.2. The highest BCUT2D eigenvalue weighted by molar-refractivity contribution is 5.82. The molecular formula is C27H31N3O4. The quantitative estimate of drug-likeness (QED) is 0.550. The second-order valence-electron chi connectivity index (χ2n) is 9.61. The van der Waals surface area contributed by atoms with Crippen molar-refractivity contribution in [2.75, 3.05) is 26.2 Å². The monoisotopic (exact) mass is 461 g/mol. The summed E-state index contributed by atoms with van der Waals surface area (Å²) in [5, 5.41) is 15.0. The number of hydrogen-bond donors (Lipinski definition) is 1. The first-order valence-corrected chi connectivity index (χ1v) is 11.9. The van der Waals surface area contributed by atoms with Crippen LogP contribution in [0.25, 0.3) is 17.0 Å². The van der Waals surface area contributed by atoms with E-state index in [1.54, 1.807) is 0 Å². The Kier molecular flexibility index (Phi) is 6.04. The van der Waals surface area contributed by atoms with Crippen LogP contribution in [-0.4, -0.2) is 52.0 Å². The van der Waals surface area contributed by atoms with Gasteiger partial charge in [0.2, 0.25) is 0 Å². The van der Waals surface area contributed by atoms with Crippen LogP contribution in [0.1, 0.15) is 43.1 Å². The van der Waals surface area contributed by atoms with Crippen molar-refractivity contribution >= 4 is 22.9 Å². The van der Waals surface area contributed by atoms with E-state index in [0.717, 1.165) is 57.9 Å². The molecule has 7 heteroatoms. The molecule has 1 N–H and O–H groups in total. The Labute approximate surface area is 199 Å². The van der Waals surface area contributed by atoms with Crippen molar-refractivity contribution in [3.05, 3.63) is 58.8 Å². The number of carbonyl (C=O) groups is 1. The summed E-state index contributed by atoms with van der Waals surface area (Å²) in [4.78, 5) is 13.4. The molecule has 1 atom stereocenters. The molecule has 34 heavy (non-hydrogen) atoms. The van der Waals surface area contributed by atoms with E-state index in [1.807, 2.05) is 25.1 Å². The molecule has 1 aromatic heterocycles. The molecule has 2 aliphatic rings. The van der Waals surface area contributed by atoms with Gasteiger partial charge in [-0.3, -0.25) is 14.4 Å². The van der Waals surface area contributed by atoms with E-state index in [2.05, 4.69) is 52.8 Å². The summed E-state index contributed by atoms with van der Waals surface area (Å²) >= 11 is 0. The van der Waals surface area contributed by atoms with Crippen molar-refractivity contribution in [2.24, 2.45) is 5.92 Å². The second kappa shape index (κ2) is 9.14. The Morgan fingerprint density at radius 2 is 2.12 bits per heavy atom. The second-order valence-corrected chi connectivity index (χ2v) is 9.61. The summed E-state index contributed by atoms with van der Waals surface area (Å²) in [5.41, 5.74) is 5.47. The van der Waals surface area contributed by atoms with Crippen LogP contribution < -0.4 is 9.47 Å². The molecule has 2 aromatic carbocycles. The third-order valence-corrected chi connectivity index (χ3v) is 6.66. The zero-order valence-corrected chi connectivity index (χ0v) is 20.0. The largest absolute Gasteiger partial charge is 0.489 e. The summed E-state index contributed by atoms with van der Waals surface area (Å²) in [6.45, 7) is 9.48. The van der Waals surface area contributed by atoms with Crippen molar-refractivity contribution in [3.8, 4) is 11.5 Å². The first-order valence-electron chi connectivity index (χ1n) is 11.9. The minimum Gasteiger partial charge on any atom is -0.489 e. The normalized spacial score (nSPS) is 18.1. The van der Waals surface area contributed by atoms with Crippen LogP contribution in [0.2, 0.25) is 0 Å². The summed E-state index contributed by atoms with van der Waals surface area (Å²) < 4.78 is 14.1. The van der Waals surface area contributed by atoms with Crippen LogP contribution in [-0.2, 0) is 11.4 Å². The van der Waals surface area contributed by atoms with Gasteiger partial charge in [0.25, 0.3) is 0 Å². The van der Waals surface area contributed by atoms with Crippen LogP contribution in [0.4, 0.5) is 0 Å². The highest BCUT2D eigenvalue weighted by atomic mass is 16.5. The summed E-state index contributed by atoms with van der Waals surface area (Å²) in [6, 6.07) is 12.6. The lowest BCUT2D eigenvalue weighted by Gasteiger charge is -2.23. The lowest BCUT2D eigenvalue weighted by atomic mass is 10.1. The molecule has 178 valence electrons. The maximum Gasteiger partial charge on any atom is 0.307 e. The Morgan fingerprint density at radius 1 is 1.26 bits per heavy atom. The van der Waals surface area contributed by atoms with E-state index in [0.29, 0.717) is 32.2 Å². The van der Waals surface area contributed by atoms with E-state index in [1.165, 1.54) is 0 Å². The summed E-state index contributed by atoms with van der Waals surface area (Å²) in [6.07, 6.45) is 2.87. The molecule has 0 aliphatic carbocycles. The number of rotatable bonds is 7. The summed E-state index contributed by atoms with van der Waals surface area (Å²) in [5.74, 6) is 0.632. The molecule has 0 bridgehead atoms. The first-order chi connectivity index (χ1) is 16.4. The Bertz CT molecular complexity index is 1260. The van der Waals surface area contributed by atoms with Crippen molar-refractivity contribution in [1.82, 2.24) is 14.7 Å². The van der Waals surface area contributed by atoms with E-state index >= 15 is 0 Å². The highest BCUT2D eigenvalue weighted by Gasteiger charge is 2.28. The van der Waals surface area contributed by atoms with Gasteiger partial charge in [0.15, 0.2) is 0 Å². The standard InChI is InChI=1S/C27H31N3O4/c1-17(2)30-25-7-4-19(11-24(25)18(3)28-30)15-33-23-6-5-21-10-20(16-34-26(21)12-23)13-29-9-8-22(14-29)27(31)32/h4-7,10-12,17,22H,8-9,13-16H2,1-3H3,(H,31,32)/t22-/m1/s1. The molecule has 2 aliphatic heterocycles. The average Bonchev–Trinajstić information content (AvgIpc) is 3.42. The van der Waals surface area contributed by atoms with Gasteiger partial charge in [-0.25, -0.2) is 0 Å². The minimum absolute atomic E-state index is 0.256. The third kappa shape index (κ3) is 4.53. The number of carboxylic acid groups (broad SMARTS) is 1. The number of hydrogen-bond acceptors (Lipinski definition) is 5. The lowest BCUT2D eigenvalue weighted by molar-refractivity contribution is -0.141. The smallest absolute Gasteiger partial charge is 0.307 e. The molecule has 1 saturated heterocycles. The van der Waals surface area contributed by atoms with Gasteiger partial charge in [0.05, 0.1) is 17.1 Å². The molecule has 0 saturated carbocycles. The predicted octanol–water partition coefficient (Wildman–Crippen LogP) is 4.69. The Morgan fingerprint density at radius 3 is 2.88 bits per heavy atom. The Balaban J connectivity index is 1.23. The number of aliphatic carboxylic acids is 1. The maximum absolute atomic E-state index is 11.2. The van der Waals surface area contributed by atoms with Gasteiger partial charge in [-0.1, -0.05) is 6.07 Å². The number of likely N-dealkylation sites (tertiary alicyclic amines) is 1. The molecule has 1 fully saturated rings. The molecule has 0 unspecified atom stereocenters. The molecule has 5 rings (SSSR count). The number of ether oxygens (including phenoxy) is 2. The van der Waals surface area contributed by atoms with Crippen molar-refractivity contribution < 1.29 is 19.4 Å². The van der Waals surface area contributed by atoms with Crippen LogP contribution >= 0.6 is 0 Å². The number of nitrogens with zero attached hydrogens (tertiary/aromatic N) is 3. The van der Waals surface area contributed by atoms with Crippen molar-refractivity contribution in [3.63, 3.8) is 0 Å². The van der Waals surface area contributed by atoms with Gasteiger partial charge in [0.1, 0.15) is 24.7 Å². The first kappa shape index (κ1) is 22.5. The average molecular weight is 462 g/mol. The lowest BCUT2D eigenvalue weighted by Crippen LogP contribution is -2.27. The third-order valence-electron chi connectivity index (χ3n) is 6.66. The van der Waals surface area contributed by atoms with Gasteiger partial charge in [0, 0.05) is 36.1 Å². The molecule has 7 nitrogen and oxygen atoms in total. The minimum atomic E-state index is -0.699. The van der Waals surface area contributed by atoms with E-state index in [-0.39, 0.29) is 5.92 Å². The molecule has 0 spiro atoms. The Hall–Kier alpha value is -3.32. The highest BCUT2D eigenvalue weighted by Crippen LogP contribution is 2.32. The van der Waals surface area contributed by atoms with Gasteiger partial charge in [-0.15, -0.1) is 0 Å². The SMILES string of the molecule is Cc1nn(C(C)C)c2ccc(COc3ccc4c(c3)OCC(CN3CC[C@@H](C(=O)O)C3)=C4)cc12. The molecule has 0 amide bonds. The number of aryl methyl sites for hydroxylation is 1. The fraction of sp³-hybridized carbons (Fsp3) is 0.407. The van der Waals surface area contributed by atoms with Gasteiger partial charge in [-0.2, -0.15) is 5.10 Å². The fourth-order valence-electron chi connectivity index (χ4n) is 4.83. The zero-order valence-electron chi connectivity index (χ0n) is 20.0. The van der Waals surface area contributed by atoms with Gasteiger partial charge >= 0.3 is 5.97 Å². The number of aromatic nitrogens is 2. The molecule has 3 aromatic rings. The molecule has 0 radical (unpaired) electrons. The predicted molar refractivity (Wildman–Crippen MR) is 131 cm³/mol. The van der Waals surface area contributed by atoms with E-state index < -0.39 is 5.97 Å². The molecule has 3 heterocycles. The van der Waals surface area contributed by atoms with Gasteiger partial charge in [-0.05, 0) is 75.2 Å². The zero-order chi connectivity index (χ0) is 23.8. The van der Waals surface area contributed by atoms with Crippen LogP contribution in [0.5, 0.6) is 11.5 Å². The van der Waals surface area contributed by atoms with Crippen LogP contribution in [0, 0.1) is 12.8 Å². The summed E-state index contributed by atoms with van der Waals surface area (Å²) in [7, 11) is 0. The fourth-order valence-corrected chi connectivity index (χ4v) is 4.83. The van der Waals surface area contributed by atoms with Crippen molar-refractivity contribution in [2.45, 2.75) is 39.8 Å². The topological polar surface area (TPSA) is 76.8 Å².